The van der Waals surface area contributed by atoms with E-state index in [4.69, 9.17) is 5.11 Å². The van der Waals surface area contributed by atoms with Crippen molar-refractivity contribution in [3.8, 4) is 0 Å². The second kappa shape index (κ2) is 23.1. The summed E-state index contributed by atoms with van der Waals surface area (Å²) in [6.07, 6.45) is 28.9. The van der Waals surface area contributed by atoms with E-state index < -0.39 is 23.1 Å². The van der Waals surface area contributed by atoms with Crippen LogP contribution in [0.5, 0.6) is 0 Å². The fourth-order valence-electron chi connectivity index (χ4n) is 4.55. The molecule has 0 aromatic heterocycles. The Morgan fingerprint density at radius 2 is 0.818 bits per heavy atom. The van der Waals surface area contributed by atoms with E-state index in [1.165, 1.54) is 122 Å². The van der Waals surface area contributed by atoms with Gasteiger partial charge in [-0.05, 0) is 6.42 Å². The summed E-state index contributed by atoms with van der Waals surface area (Å²) in [5, 5.41) is 18.1. The summed E-state index contributed by atoms with van der Waals surface area (Å²) in [4.78, 5) is 22.1. The van der Waals surface area contributed by atoms with Crippen molar-refractivity contribution in [3.05, 3.63) is 0 Å². The summed E-state index contributed by atoms with van der Waals surface area (Å²) in [7, 11) is 0. The van der Waals surface area contributed by atoms with Gasteiger partial charge in [-0.1, -0.05) is 148 Å². The Balaban J connectivity index is 3.28. The van der Waals surface area contributed by atoms with Crippen LogP contribution in [0.1, 0.15) is 161 Å². The first-order chi connectivity index (χ1) is 15.9. The van der Waals surface area contributed by atoms with Crippen molar-refractivity contribution in [2.75, 3.05) is 0 Å². The van der Waals surface area contributed by atoms with Crippen LogP contribution in [0.2, 0.25) is 0 Å². The third-order valence-electron chi connectivity index (χ3n) is 6.79. The van der Waals surface area contributed by atoms with Crippen LogP contribution in [-0.4, -0.2) is 26.9 Å². The molecule has 4 nitrogen and oxygen atoms in total. The molecule has 0 aromatic rings. The number of carbonyl (C=O) groups is 2. The first-order valence-electron chi connectivity index (χ1n) is 14.1. The lowest BCUT2D eigenvalue weighted by Gasteiger charge is -2.21. The van der Waals surface area contributed by atoms with Crippen LogP contribution in [0.15, 0.2) is 0 Å². The van der Waals surface area contributed by atoms with Gasteiger partial charge in [0.2, 0.25) is 0 Å². The lowest BCUT2D eigenvalue weighted by Crippen LogP contribution is -2.35. The van der Waals surface area contributed by atoms with Gasteiger partial charge in [0.25, 0.3) is 0 Å². The number of hydrogen-bond acceptors (Lipinski definition) is 3. The molecule has 0 saturated carbocycles. The number of carboxylic acids is 2. The van der Waals surface area contributed by atoms with Crippen molar-refractivity contribution in [3.63, 3.8) is 0 Å². The van der Waals surface area contributed by atoms with Crippen LogP contribution in [0.4, 0.5) is 0 Å². The standard InChI is InChI=1S/C28H54O4S/c1-2-3-4-5-6-7-8-9-10-11-12-13-14-15-16-17-18-19-20-21-22-23-24-28(33,27(31)32)25-26(29)30/h33H,2-25H2,1H3,(H,29,30)(H,31,32). The summed E-state index contributed by atoms with van der Waals surface area (Å²) in [6, 6.07) is 0. The van der Waals surface area contributed by atoms with Crippen LogP contribution in [0, 0.1) is 0 Å². The Bertz CT molecular complexity index is 469. The number of thiol groups is 1. The summed E-state index contributed by atoms with van der Waals surface area (Å²) in [5.41, 5.74) is 0. The van der Waals surface area contributed by atoms with Crippen LogP contribution < -0.4 is 0 Å². The number of aliphatic carboxylic acids is 2. The van der Waals surface area contributed by atoms with E-state index in [1.807, 2.05) is 0 Å². The zero-order valence-corrected chi connectivity index (χ0v) is 22.5. The smallest absolute Gasteiger partial charge is 0.320 e. The van der Waals surface area contributed by atoms with E-state index in [-0.39, 0.29) is 0 Å². The number of unbranched alkanes of at least 4 members (excludes halogenated alkanes) is 21. The molecule has 0 aliphatic heterocycles. The molecule has 1 atom stereocenters. The van der Waals surface area contributed by atoms with Gasteiger partial charge >= 0.3 is 11.9 Å². The molecule has 0 aliphatic carbocycles. The third-order valence-corrected chi connectivity index (χ3v) is 7.36. The molecule has 0 aliphatic rings. The van der Waals surface area contributed by atoms with E-state index in [2.05, 4.69) is 19.6 Å². The van der Waals surface area contributed by atoms with Gasteiger partial charge in [-0.25, -0.2) is 0 Å². The van der Waals surface area contributed by atoms with E-state index in [9.17, 15) is 14.7 Å². The third kappa shape index (κ3) is 21.6. The first-order valence-corrected chi connectivity index (χ1v) is 14.5. The van der Waals surface area contributed by atoms with Crippen molar-refractivity contribution in [1.82, 2.24) is 0 Å². The molecular weight excluding hydrogens is 432 g/mol. The summed E-state index contributed by atoms with van der Waals surface area (Å²) >= 11 is 4.12. The SMILES string of the molecule is CCCCCCCCCCCCCCCCCCCCCCCCC(S)(CC(=O)O)C(=O)O. The van der Waals surface area contributed by atoms with Gasteiger partial charge in [-0.3, -0.25) is 9.59 Å². The molecule has 0 aromatic carbocycles. The highest BCUT2D eigenvalue weighted by Crippen LogP contribution is 2.27. The van der Waals surface area contributed by atoms with Crippen molar-refractivity contribution < 1.29 is 19.8 Å². The maximum Gasteiger partial charge on any atom is 0.320 e. The summed E-state index contributed by atoms with van der Waals surface area (Å²) in [6.45, 7) is 2.28. The molecule has 0 saturated heterocycles. The maximum absolute atomic E-state index is 11.3. The molecule has 0 bridgehead atoms. The molecule has 196 valence electrons. The summed E-state index contributed by atoms with van der Waals surface area (Å²) in [5.74, 6) is -2.23. The second-order valence-corrected chi connectivity index (χ2v) is 10.9. The lowest BCUT2D eigenvalue weighted by molar-refractivity contribution is -0.146. The molecule has 0 radical (unpaired) electrons. The highest BCUT2D eigenvalue weighted by atomic mass is 32.1. The van der Waals surface area contributed by atoms with Crippen molar-refractivity contribution in [2.24, 2.45) is 0 Å². The molecule has 0 heterocycles. The van der Waals surface area contributed by atoms with Gasteiger partial charge < -0.3 is 10.2 Å². The Morgan fingerprint density at radius 1 is 0.545 bits per heavy atom. The van der Waals surface area contributed by atoms with Crippen LogP contribution in [0.3, 0.4) is 0 Å². The molecule has 0 amide bonds. The van der Waals surface area contributed by atoms with Crippen LogP contribution >= 0.6 is 12.6 Å². The minimum atomic E-state index is -1.43. The lowest BCUT2D eigenvalue weighted by atomic mass is 9.96. The van der Waals surface area contributed by atoms with Gasteiger partial charge in [0.1, 0.15) is 4.75 Å². The van der Waals surface area contributed by atoms with Gasteiger partial charge in [0, 0.05) is 0 Å². The Hall–Kier alpha value is -0.710. The molecular formula is C28H54O4S. The van der Waals surface area contributed by atoms with E-state index in [1.54, 1.807) is 0 Å². The molecule has 0 spiro atoms. The van der Waals surface area contributed by atoms with Crippen molar-refractivity contribution in [2.45, 2.75) is 166 Å². The largest absolute Gasteiger partial charge is 0.481 e. The van der Waals surface area contributed by atoms with E-state index in [0.29, 0.717) is 6.42 Å². The predicted molar refractivity (Wildman–Crippen MR) is 143 cm³/mol. The monoisotopic (exact) mass is 486 g/mol. The minimum Gasteiger partial charge on any atom is -0.481 e. The molecule has 0 rings (SSSR count). The molecule has 0 fully saturated rings. The van der Waals surface area contributed by atoms with Crippen LogP contribution in [-0.2, 0) is 9.59 Å². The molecule has 33 heavy (non-hydrogen) atoms. The normalized spacial score (nSPS) is 13.2. The Kier molecular flexibility index (Phi) is 22.6. The van der Waals surface area contributed by atoms with Crippen molar-refractivity contribution >= 4 is 24.6 Å². The Labute approximate surface area is 210 Å². The number of carboxylic acid groups (broad SMARTS) is 2. The van der Waals surface area contributed by atoms with Crippen LogP contribution in [0.25, 0.3) is 0 Å². The number of rotatable bonds is 26. The van der Waals surface area contributed by atoms with E-state index in [0.717, 1.165) is 19.3 Å². The zero-order valence-electron chi connectivity index (χ0n) is 21.6. The minimum absolute atomic E-state index is 0.316. The average Bonchev–Trinajstić information content (AvgIpc) is 2.76. The average molecular weight is 487 g/mol. The molecule has 2 N–H and O–H groups in total. The molecule has 5 heteroatoms. The Morgan fingerprint density at radius 3 is 1.06 bits per heavy atom. The maximum atomic E-state index is 11.3. The summed E-state index contributed by atoms with van der Waals surface area (Å²) < 4.78 is -1.43. The number of hydrogen-bond donors (Lipinski definition) is 3. The fraction of sp³-hybridized carbons (Fsp3) is 0.929. The van der Waals surface area contributed by atoms with E-state index >= 15 is 0 Å². The van der Waals surface area contributed by atoms with Gasteiger partial charge in [-0.2, -0.15) is 12.6 Å². The zero-order chi connectivity index (χ0) is 24.6. The second-order valence-electron chi connectivity index (χ2n) is 10.1. The predicted octanol–water partition coefficient (Wildman–Crippen LogP) is 9.21. The van der Waals surface area contributed by atoms with Gasteiger partial charge in [-0.15, -0.1) is 0 Å². The van der Waals surface area contributed by atoms with Gasteiger partial charge in [0.05, 0.1) is 6.42 Å². The quantitative estimate of drug-likeness (QED) is 0.0841. The highest BCUT2D eigenvalue weighted by molar-refractivity contribution is 7.82. The molecule has 1 unspecified atom stereocenters. The fourth-order valence-corrected chi connectivity index (χ4v) is 4.84. The topological polar surface area (TPSA) is 74.6 Å². The van der Waals surface area contributed by atoms with Gasteiger partial charge in [0.15, 0.2) is 0 Å². The first kappa shape index (κ1) is 32.3. The van der Waals surface area contributed by atoms with Crippen molar-refractivity contribution in [1.29, 1.82) is 0 Å². The highest BCUT2D eigenvalue weighted by Gasteiger charge is 2.36.